The number of fused-ring (bicyclic) bond motifs is 1. The third kappa shape index (κ3) is 2.02. The van der Waals surface area contributed by atoms with E-state index in [1.54, 1.807) is 18.3 Å². The lowest BCUT2D eigenvalue weighted by Gasteiger charge is -2.13. The van der Waals surface area contributed by atoms with Crippen molar-refractivity contribution in [2.45, 2.75) is 20.8 Å². The summed E-state index contributed by atoms with van der Waals surface area (Å²) in [4.78, 5) is 15.4. The van der Waals surface area contributed by atoms with Crippen LogP contribution < -0.4 is 0 Å². The van der Waals surface area contributed by atoms with Crippen LogP contribution in [0.15, 0.2) is 24.4 Å². The number of Topliss-reactive ketones (excluding diaryl/α,β-unsaturated/α-hetero) is 1. The van der Waals surface area contributed by atoms with Gasteiger partial charge in [-0.25, -0.2) is 0 Å². The number of nitriles is 1. The van der Waals surface area contributed by atoms with Crippen LogP contribution in [0.4, 0.5) is 0 Å². The fraction of sp³-hybridized carbons (Fsp3) is 0.333. The number of ketones is 1. The van der Waals surface area contributed by atoms with Crippen molar-refractivity contribution in [2.24, 2.45) is 11.8 Å². The van der Waals surface area contributed by atoms with Crippen molar-refractivity contribution >= 4 is 16.7 Å². The number of benzene rings is 1. The van der Waals surface area contributed by atoms with Gasteiger partial charge in [-0.15, -0.1) is 0 Å². The monoisotopic (exact) mass is 240 g/mol. The topological polar surface area (TPSA) is 56.6 Å². The SMILES string of the molecule is CC(C)C(C)C(=O)c1c[nH]c2ccc(C#N)cc12. The molecule has 1 N–H and O–H groups in total. The maximum atomic E-state index is 12.4. The number of rotatable bonds is 3. The molecule has 0 aliphatic carbocycles. The lowest BCUT2D eigenvalue weighted by Crippen LogP contribution is -2.16. The molecule has 1 atom stereocenters. The Balaban J connectivity index is 2.52. The Kier molecular flexibility index (Phi) is 3.20. The van der Waals surface area contributed by atoms with Crippen molar-refractivity contribution < 1.29 is 4.79 Å². The number of carbonyl (C=O) groups excluding carboxylic acids is 1. The molecule has 0 saturated carbocycles. The Morgan fingerprint density at radius 2 is 2.06 bits per heavy atom. The molecule has 0 aliphatic heterocycles. The lowest BCUT2D eigenvalue weighted by molar-refractivity contribution is 0.0901. The fourth-order valence-electron chi connectivity index (χ4n) is 1.94. The fourth-order valence-corrected chi connectivity index (χ4v) is 1.94. The Morgan fingerprint density at radius 3 is 2.67 bits per heavy atom. The summed E-state index contributed by atoms with van der Waals surface area (Å²) in [6.45, 7) is 6.02. The summed E-state index contributed by atoms with van der Waals surface area (Å²) in [5.74, 6) is 0.419. The summed E-state index contributed by atoms with van der Waals surface area (Å²) < 4.78 is 0. The number of hydrogen-bond donors (Lipinski definition) is 1. The van der Waals surface area contributed by atoms with Gasteiger partial charge in [0.05, 0.1) is 11.6 Å². The van der Waals surface area contributed by atoms with Gasteiger partial charge in [0.2, 0.25) is 0 Å². The maximum Gasteiger partial charge on any atom is 0.168 e. The number of H-pyrrole nitrogens is 1. The van der Waals surface area contributed by atoms with Crippen LogP contribution in [-0.4, -0.2) is 10.8 Å². The largest absolute Gasteiger partial charge is 0.360 e. The first-order valence-corrected chi connectivity index (χ1v) is 6.10. The average molecular weight is 240 g/mol. The van der Waals surface area contributed by atoms with Crippen LogP contribution in [-0.2, 0) is 0 Å². The van der Waals surface area contributed by atoms with Gasteiger partial charge in [0.1, 0.15) is 0 Å². The standard InChI is InChI=1S/C15H16N2O/c1-9(2)10(3)15(18)13-8-17-14-5-4-11(7-16)6-12(13)14/h4-6,8-10,17H,1-3H3. The number of aromatic amines is 1. The third-order valence-corrected chi connectivity index (χ3v) is 3.49. The Morgan fingerprint density at radius 1 is 1.33 bits per heavy atom. The molecular weight excluding hydrogens is 224 g/mol. The van der Waals surface area contributed by atoms with Gasteiger partial charge >= 0.3 is 0 Å². The number of hydrogen-bond acceptors (Lipinski definition) is 2. The van der Waals surface area contributed by atoms with E-state index in [1.165, 1.54) is 0 Å². The molecule has 3 nitrogen and oxygen atoms in total. The summed E-state index contributed by atoms with van der Waals surface area (Å²) in [5.41, 5.74) is 2.16. The van der Waals surface area contributed by atoms with Crippen LogP contribution in [0.3, 0.4) is 0 Å². The second-order valence-corrected chi connectivity index (χ2v) is 4.97. The minimum Gasteiger partial charge on any atom is -0.360 e. The van der Waals surface area contributed by atoms with E-state index in [-0.39, 0.29) is 11.7 Å². The van der Waals surface area contributed by atoms with Gasteiger partial charge in [-0.3, -0.25) is 4.79 Å². The van der Waals surface area contributed by atoms with Gasteiger partial charge in [-0.2, -0.15) is 5.26 Å². The predicted octanol–water partition coefficient (Wildman–Crippen LogP) is 3.51. The third-order valence-electron chi connectivity index (χ3n) is 3.49. The van der Waals surface area contributed by atoms with Crippen LogP contribution in [0, 0.1) is 23.2 Å². The molecule has 1 aromatic heterocycles. The molecule has 1 aromatic carbocycles. The zero-order chi connectivity index (χ0) is 13.3. The number of nitrogens with one attached hydrogen (secondary N) is 1. The van der Waals surface area contributed by atoms with Crippen LogP contribution in [0.1, 0.15) is 36.7 Å². The van der Waals surface area contributed by atoms with Crippen LogP contribution >= 0.6 is 0 Å². The summed E-state index contributed by atoms with van der Waals surface area (Å²) in [7, 11) is 0. The van der Waals surface area contributed by atoms with Crippen molar-refractivity contribution in [1.82, 2.24) is 4.98 Å². The minimum atomic E-state index is -0.0188. The molecule has 1 unspecified atom stereocenters. The molecule has 1 heterocycles. The van der Waals surface area contributed by atoms with E-state index < -0.39 is 0 Å². The van der Waals surface area contributed by atoms with E-state index in [0.29, 0.717) is 17.0 Å². The van der Waals surface area contributed by atoms with Crippen molar-refractivity contribution in [3.63, 3.8) is 0 Å². The van der Waals surface area contributed by atoms with Gasteiger partial charge in [0, 0.05) is 28.6 Å². The van der Waals surface area contributed by atoms with E-state index in [9.17, 15) is 4.79 Å². The van der Waals surface area contributed by atoms with Crippen molar-refractivity contribution in [3.05, 3.63) is 35.5 Å². The summed E-state index contributed by atoms with van der Waals surface area (Å²) in [5, 5.41) is 9.76. The highest BCUT2D eigenvalue weighted by Crippen LogP contribution is 2.24. The molecular formula is C15H16N2O. The van der Waals surface area contributed by atoms with Gasteiger partial charge in [0.25, 0.3) is 0 Å². The van der Waals surface area contributed by atoms with Gasteiger partial charge < -0.3 is 4.98 Å². The van der Waals surface area contributed by atoms with E-state index in [1.807, 2.05) is 26.8 Å². The zero-order valence-corrected chi connectivity index (χ0v) is 10.8. The zero-order valence-electron chi connectivity index (χ0n) is 10.8. The summed E-state index contributed by atoms with van der Waals surface area (Å²) >= 11 is 0. The normalized spacial score (nSPS) is 12.6. The first kappa shape index (κ1) is 12.4. The maximum absolute atomic E-state index is 12.4. The molecule has 0 aliphatic rings. The van der Waals surface area contributed by atoms with E-state index in [4.69, 9.17) is 5.26 Å². The number of aromatic nitrogens is 1. The molecule has 0 amide bonds. The second kappa shape index (κ2) is 4.66. The van der Waals surface area contributed by atoms with Crippen molar-refractivity contribution in [3.8, 4) is 6.07 Å². The predicted molar refractivity (Wildman–Crippen MR) is 71.3 cm³/mol. The van der Waals surface area contributed by atoms with Crippen LogP contribution in [0.2, 0.25) is 0 Å². The van der Waals surface area contributed by atoms with E-state index in [2.05, 4.69) is 11.1 Å². The van der Waals surface area contributed by atoms with Crippen molar-refractivity contribution in [1.29, 1.82) is 5.26 Å². The van der Waals surface area contributed by atoms with Crippen LogP contribution in [0.5, 0.6) is 0 Å². The van der Waals surface area contributed by atoms with Gasteiger partial charge in [-0.1, -0.05) is 20.8 Å². The highest BCUT2D eigenvalue weighted by Gasteiger charge is 2.21. The number of carbonyl (C=O) groups is 1. The molecule has 3 heteroatoms. The Hall–Kier alpha value is -2.08. The summed E-state index contributed by atoms with van der Waals surface area (Å²) in [6, 6.07) is 7.46. The quantitative estimate of drug-likeness (QED) is 0.834. The van der Waals surface area contributed by atoms with Gasteiger partial charge in [0.15, 0.2) is 5.78 Å². The molecule has 0 fully saturated rings. The Bertz CT molecular complexity index is 631. The van der Waals surface area contributed by atoms with E-state index >= 15 is 0 Å². The molecule has 18 heavy (non-hydrogen) atoms. The molecule has 0 spiro atoms. The molecule has 92 valence electrons. The molecule has 0 saturated heterocycles. The molecule has 2 rings (SSSR count). The Labute approximate surface area is 106 Å². The highest BCUT2D eigenvalue weighted by atomic mass is 16.1. The second-order valence-electron chi connectivity index (χ2n) is 4.97. The minimum absolute atomic E-state index is 0.0188. The average Bonchev–Trinajstić information content (AvgIpc) is 2.79. The smallest absolute Gasteiger partial charge is 0.168 e. The molecule has 2 aromatic rings. The molecule has 0 radical (unpaired) electrons. The summed E-state index contributed by atoms with van der Waals surface area (Å²) in [6.07, 6.45) is 1.74. The van der Waals surface area contributed by atoms with E-state index in [0.717, 1.165) is 10.9 Å². The first-order valence-electron chi connectivity index (χ1n) is 6.10. The van der Waals surface area contributed by atoms with Crippen LogP contribution in [0.25, 0.3) is 10.9 Å². The number of nitrogens with zero attached hydrogens (tertiary/aromatic N) is 1. The lowest BCUT2D eigenvalue weighted by atomic mass is 9.89. The van der Waals surface area contributed by atoms with Gasteiger partial charge in [-0.05, 0) is 24.1 Å². The first-order chi connectivity index (χ1) is 8.54. The van der Waals surface area contributed by atoms with Crippen molar-refractivity contribution in [2.75, 3.05) is 0 Å². The highest BCUT2D eigenvalue weighted by molar-refractivity contribution is 6.09. The molecule has 0 bridgehead atoms.